The summed E-state index contributed by atoms with van der Waals surface area (Å²) >= 11 is 6.13. The lowest BCUT2D eigenvalue weighted by Gasteiger charge is -2.19. The zero-order valence-corrected chi connectivity index (χ0v) is 17.4. The average molecular weight is 421 g/mol. The molecule has 4 atom stereocenters. The molecule has 2 aliphatic carbocycles. The smallest absolute Gasteiger partial charge is 0.255 e. The Kier molecular flexibility index (Phi) is 4.33. The first-order valence-electron chi connectivity index (χ1n) is 10.1. The van der Waals surface area contributed by atoms with E-state index in [-0.39, 0.29) is 41.4 Å². The Morgan fingerprint density at radius 2 is 1.80 bits per heavy atom. The monoisotopic (exact) mass is 420 g/mol. The lowest BCUT2D eigenvalue weighted by atomic mass is 9.82. The molecule has 1 heterocycles. The van der Waals surface area contributed by atoms with Crippen molar-refractivity contribution in [3.63, 3.8) is 0 Å². The molecule has 0 unspecified atom stereocenters. The Morgan fingerprint density at radius 1 is 1.07 bits per heavy atom. The number of anilines is 2. The molecule has 2 aromatic rings. The Hall–Kier alpha value is -2.92. The average Bonchev–Trinajstić information content (AvgIpc) is 3.36. The van der Waals surface area contributed by atoms with Gasteiger partial charge in [0.25, 0.3) is 5.91 Å². The van der Waals surface area contributed by atoms with E-state index in [1.165, 1.54) is 10.5 Å². The van der Waals surface area contributed by atoms with Crippen LogP contribution in [0.3, 0.4) is 0 Å². The van der Waals surface area contributed by atoms with Crippen molar-refractivity contribution >= 4 is 40.7 Å². The zero-order valence-electron chi connectivity index (χ0n) is 16.7. The predicted octanol–water partition coefficient (Wildman–Crippen LogP) is 4.60. The van der Waals surface area contributed by atoms with E-state index in [1.54, 1.807) is 42.5 Å². The number of nitrogens with zero attached hydrogens (tertiary/aromatic N) is 1. The van der Waals surface area contributed by atoms with Gasteiger partial charge in [0.05, 0.1) is 17.5 Å². The Morgan fingerprint density at radius 3 is 2.60 bits per heavy atom. The van der Waals surface area contributed by atoms with Crippen molar-refractivity contribution in [2.45, 2.75) is 20.3 Å². The molecule has 0 aromatic heterocycles. The summed E-state index contributed by atoms with van der Waals surface area (Å²) < 4.78 is 0. The second-order valence-electron chi connectivity index (χ2n) is 8.40. The van der Waals surface area contributed by atoms with Gasteiger partial charge in [0.15, 0.2) is 0 Å². The number of hydrogen-bond acceptors (Lipinski definition) is 3. The van der Waals surface area contributed by atoms with Crippen LogP contribution in [0.15, 0.2) is 54.1 Å². The van der Waals surface area contributed by atoms with Gasteiger partial charge in [-0.05, 0) is 68.0 Å². The van der Waals surface area contributed by atoms with E-state index >= 15 is 0 Å². The van der Waals surface area contributed by atoms with Crippen molar-refractivity contribution in [1.82, 2.24) is 0 Å². The van der Waals surface area contributed by atoms with E-state index in [1.807, 2.05) is 13.8 Å². The lowest BCUT2D eigenvalue weighted by molar-refractivity contribution is -0.123. The van der Waals surface area contributed by atoms with Gasteiger partial charge in [0, 0.05) is 16.3 Å². The molecule has 1 saturated carbocycles. The minimum atomic E-state index is -0.320. The molecule has 2 fully saturated rings. The Balaban J connectivity index is 1.42. The number of allylic oxidation sites excluding steroid dienone is 2. The number of nitrogens with one attached hydrogen (secondary N) is 1. The van der Waals surface area contributed by atoms with E-state index in [2.05, 4.69) is 11.4 Å². The topological polar surface area (TPSA) is 66.5 Å². The van der Waals surface area contributed by atoms with Crippen molar-refractivity contribution in [3.8, 4) is 0 Å². The lowest BCUT2D eigenvalue weighted by Crippen LogP contribution is -2.33. The number of imide groups is 1. The number of carbonyl (C=O) groups excluding carboxylic acids is 3. The van der Waals surface area contributed by atoms with Gasteiger partial charge in [-0.25, -0.2) is 4.90 Å². The molecule has 1 N–H and O–H groups in total. The molecule has 0 radical (unpaired) electrons. The van der Waals surface area contributed by atoms with Gasteiger partial charge in [-0.3, -0.25) is 14.4 Å². The number of carbonyl (C=O) groups is 3. The maximum atomic E-state index is 13.2. The molecule has 5 rings (SSSR count). The molecule has 2 bridgehead atoms. The second-order valence-corrected chi connectivity index (χ2v) is 8.80. The summed E-state index contributed by atoms with van der Waals surface area (Å²) in [4.78, 5) is 40.3. The highest BCUT2D eigenvalue weighted by Gasteiger charge is 2.60. The minimum absolute atomic E-state index is 0.145. The van der Waals surface area contributed by atoms with Crippen molar-refractivity contribution < 1.29 is 14.4 Å². The first kappa shape index (κ1) is 19.1. The molecule has 152 valence electrons. The van der Waals surface area contributed by atoms with Gasteiger partial charge in [0.2, 0.25) is 11.8 Å². The van der Waals surface area contributed by atoms with E-state index in [4.69, 9.17) is 11.6 Å². The SMILES string of the molecule is CC1=C[C@H]2C[C@H]1[C@@H]1C(=O)N(c3cccc(C(=O)Nc4cccc(Cl)c4C)c3)C(=O)[C@@H]12. The third kappa shape index (κ3) is 2.72. The first-order valence-corrected chi connectivity index (χ1v) is 10.5. The highest BCUT2D eigenvalue weighted by Crippen LogP contribution is 2.55. The molecule has 0 spiro atoms. The van der Waals surface area contributed by atoms with E-state index in [9.17, 15) is 14.4 Å². The third-order valence-corrected chi connectivity index (χ3v) is 7.17. The molecule has 1 saturated heterocycles. The molecule has 6 heteroatoms. The van der Waals surface area contributed by atoms with Crippen LogP contribution in [0.4, 0.5) is 11.4 Å². The minimum Gasteiger partial charge on any atom is -0.322 e. The van der Waals surface area contributed by atoms with E-state index in [0.717, 1.165) is 12.0 Å². The van der Waals surface area contributed by atoms with Gasteiger partial charge in [-0.1, -0.05) is 35.4 Å². The number of halogens is 1. The van der Waals surface area contributed by atoms with Crippen LogP contribution in [0.5, 0.6) is 0 Å². The molecule has 2 aromatic carbocycles. The fourth-order valence-corrected chi connectivity index (χ4v) is 5.43. The quantitative estimate of drug-likeness (QED) is 0.582. The third-order valence-electron chi connectivity index (χ3n) is 6.76. The summed E-state index contributed by atoms with van der Waals surface area (Å²) in [5, 5.41) is 3.43. The fourth-order valence-electron chi connectivity index (χ4n) is 5.25. The maximum Gasteiger partial charge on any atom is 0.255 e. The molecular weight excluding hydrogens is 400 g/mol. The summed E-state index contributed by atoms with van der Waals surface area (Å²) in [6, 6.07) is 12.0. The number of amides is 3. The second kappa shape index (κ2) is 6.81. The maximum absolute atomic E-state index is 13.2. The molecule has 30 heavy (non-hydrogen) atoms. The molecule has 3 aliphatic rings. The summed E-state index contributed by atoms with van der Waals surface area (Å²) in [6.07, 6.45) is 3.05. The highest BCUT2D eigenvalue weighted by molar-refractivity contribution is 6.31. The number of fused-ring (bicyclic) bond motifs is 5. The van der Waals surface area contributed by atoms with Crippen LogP contribution in [0.2, 0.25) is 5.02 Å². The molecular formula is C24H21ClN2O3. The summed E-state index contributed by atoms with van der Waals surface area (Å²) in [5.41, 5.74) is 3.45. The van der Waals surface area contributed by atoms with E-state index < -0.39 is 0 Å². The highest BCUT2D eigenvalue weighted by atomic mass is 35.5. The van der Waals surface area contributed by atoms with Gasteiger partial charge in [0.1, 0.15) is 0 Å². The van der Waals surface area contributed by atoms with Crippen LogP contribution >= 0.6 is 11.6 Å². The van der Waals surface area contributed by atoms with Crippen molar-refractivity contribution in [1.29, 1.82) is 0 Å². The van der Waals surface area contributed by atoms with Crippen LogP contribution in [0.1, 0.15) is 29.3 Å². The molecule has 3 amide bonds. The Labute approximate surface area is 179 Å². The van der Waals surface area contributed by atoms with Gasteiger partial charge >= 0.3 is 0 Å². The largest absolute Gasteiger partial charge is 0.322 e. The van der Waals surface area contributed by atoms with Crippen molar-refractivity contribution in [3.05, 3.63) is 70.3 Å². The van der Waals surface area contributed by atoms with Crippen LogP contribution in [-0.2, 0) is 9.59 Å². The van der Waals surface area contributed by atoms with Crippen molar-refractivity contribution in [2.75, 3.05) is 10.2 Å². The van der Waals surface area contributed by atoms with Gasteiger partial charge in [-0.2, -0.15) is 0 Å². The van der Waals surface area contributed by atoms with Gasteiger partial charge in [-0.15, -0.1) is 0 Å². The normalized spacial score (nSPS) is 26.8. The van der Waals surface area contributed by atoms with Crippen LogP contribution in [0, 0.1) is 30.6 Å². The predicted molar refractivity (Wildman–Crippen MR) is 115 cm³/mol. The fraction of sp³-hybridized carbons (Fsp3) is 0.292. The summed E-state index contributed by atoms with van der Waals surface area (Å²) in [5.74, 6) is -0.828. The number of benzene rings is 2. The Bertz CT molecular complexity index is 1140. The standard InChI is InChI=1S/C24H21ClN2O3/c1-12-9-15-11-17(12)21-20(15)23(29)27(24(21)30)16-6-3-5-14(10-16)22(28)26-19-8-4-7-18(25)13(19)2/h3-10,15,17,20-21H,11H2,1-2H3,(H,26,28)/t15-,17+,20+,21-/m0/s1. The number of hydrogen-bond donors (Lipinski definition) is 1. The van der Waals surface area contributed by atoms with Gasteiger partial charge < -0.3 is 5.32 Å². The zero-order chi connectivity index (χ0) is 21.2. The summed E-state index contributed by atoms with van der Waals surface area (Å²) in [6.45, 7) is 3.88. The van der Waals surface area contributed by atoms with Crippen molar-refractivity contribution in [2.24, 2.45) is 23.7 Å². The van der Waals surface area contributed by atoms with Crippen LogP contribution in [0.25, 0.3) is 0 Å². The number of rotatable bonds is 3. The van der Waals surface area contributed by atoms with E-state index in [0.29, 0.717) is 22.0 Å². The molecule has 1 aliphatic heterocycles. The van der Waals surface area contributed by atoms with Crippen LogP contribution in [-0.4, -0.2) is 17.7 Å². The first-order chi connectivity index (χ1) is 14.4. The van der Waals surface area contributed by atoms with Crippen LogP contribution < -0.4 is 10.2 Å². The summed E-state index contributed by atoms with van der Waals surface area (Å²) in [7, 11) is 0. The molecule has 5 nitrogen and oxygen atoms in total.